The molecule has 0 radical (unpaired) electrons. The molecule has 1 atom stereocenters. The number of fused-ring (bicyclic) bond motifs is 2. The lowest BCUT2D eigenvalue weighted by Gasteiger charge is -2.25. The number of aliphatic hydroxyl groups is 2. The van der Waals surface area contributed by atoms with Gasteiger partial charge >= 0.3 is 0 Å². The number of thioether (sulfide) groups is 2. The van der Waals surface area contributed by atoms with E-state index >= 15 is 0 Å². The van der Waals surface area contributed by atoms with Gasteiger partial charge in [0.15, 0.2) is 0 Å². The van der Waals surface area contributed by atoms with Gasteiger partial charge in [0.25, 0.3) is 0 Å². The number of aliphatic hydroxyl groups excluding tert-OH is 2. The highest BCUT2D eigenvalue weighted by Gasteiger charge is 2.29. The number of allylic oxidation sites excluding steroid dienone is 2. The number of benzene rings is 2. The largest absolute Gasteiger partial charge is 0.497 e. The van der Waals surface area contributed by atoms with E-state index < -0.39 is 0 Å². The number of rotatable bonds is 10. The van der Waals surface area contributed by atoms with Gasteiger partial charge in [-0.3, -0.25) is 0 Å². The zero-order chi connectivity index (χ0) is 24.1. The van der Waals surface area contributed by atoms with Gasteiger partial charge in [-0.25, -0.2) is 0 Å². The molecule has 0 amide bonds. The Kier molecular flexibility index (Phi) is 8.37. The van der Waals surface area contributed by atoms with Crippen molar-refractivity contribution in [1.29, 1.82) is 0 Å². The van der Waals surface area contributed by atoms with Crippen LogP contribution in [0.2, 0.25) is 0 Å². The molecular formula is C26H32N2O4S2. The summed E-state index contributed by atoms with van der Waals surface area (Å²) in [5.74, 6) is 1.67. The minimum atomic E-state index is 0.144. The molecule has 2 N–H and O–H groups in total. The summed E-state index contributed by atoms with van der Waals surface area (Å²) in [5.41, 5.74) is 3.44. The van der Waals surface area contributed by atoms with E-state index in [2.05, 4.69) is 53.1 Å². The van der Waals surface area contributed by atoms with Crippen molar-refractivity contribution in [3.8, 4) is 11.5 Å². The van der Waals surface area contributed by atoms with Gasteiger partial charge in [-0.2, -0.15) is 0 Å². The molecule has 8 heteroatoms. The molecule has 2 heterocycles. The van der Waals surface area contributed by atoms with Crippen molar-refractivity contribution in [2.75, 3.05) is 50.3 Å². The molecule has 6 nitrogen and oxygen atoms in total. The molecule has 0 bridgehead atoms. The molecular weight excluding hydrogens is 468 g/mol. The Morgan fingerprint density at radius 1 is 0.941 bits per heavy atom. The summed E-state index contributed by atoms with van der Waals surface area (Å²) < 4.78 is 10.9. The second-order valence-corrected chi connectivity index (χ2v) is 10.4. The number of hydrogen-bond acceptors (Lipinski definition) is 8. The zero-order valence-corrected chi connectivity index (χ0v) is 21.5. The lowest BCUT2D eigenvalue weighted by Crippen LogP contribution is -2.29. The first-order valence-corrected chi connectivity index (χ1v) is 13.1. The van der Waals surface area contributed by atoms with Crippen LogP contribution in [0.15, 0.2) is 68.9 Å². The third kappa shape index (κ3) is 5.35. The summed E-state index contributed by atoms with van der Waals surface area (Å²) in [7, 11) is 3.37. The number of ether oxygens (including phenoxy) is 2. The van der Waals surface area contributed by atoms with Crippen LogP contribution in [0.5, 0.6) is 11.5 Å². The third-order valence-electron chi connectivity index (χ3n) is 5.82. The van der Waals surface area contributed by atoms with E-state index in [-0.39, 0.29) is 18.6 Å². The molecule has 2 aromatic carbocycles. The number of hydrogen-bond donors (Lipinski definition) is 2. The summed E-state index contributed by atoms with van der Waals surface area (Å²) in [5, 5.41) is 20.2. The van der Waals surface area contributed by atoms with Crippen molar-refractivity contribution in [3.63, 3.8) is 0 Å². The van der Waals surface area contributed by atoms with Gasteiger partial charge in [-0.05, 0) is 61.8 Å². The molecule has 182 valence electrons. The predicted octanol–water partition coefficient (Wildman–Crippen LogP) is 5.11. The Bertz CT molecular complexity index is 1070. The smallest absolute Gasteiger partial charge is 0.121 e. The van der Waals surface area contributed by atoms with Crippen LogP contribution in [-0.4, -0.2) is 56.1 Å². The molecule has 4 rings (SSSR count). The first-order valence-electron chi connectivity index (χ1n) is 11.4. The molecule has 1 unspecified atom stereocenters. The summed E-state index contributed by atoms with van der Waals surface area (Å²) in [6.45, 7) is 3.97. The average Bonchev–Trinajstić information content (AvgIpc) is 3.36. The summed E-state index contributed by atoms with van der Waals surface area (Å²) in [6.07, 6.45) is 5.92. The van der Waals surface area contributed by atoms with E-state index in [1.807, 2.05) is 23.9 Å². The molecule has 0 saturated carbocycles. The van der Waals surface area contributed by atoms with E-state index in [9.17, 15) is 10.2 Å². The van der Waals surface area contributed by atoms with Crippen LogP contribution >= 0.6 is 23.5 Å². The highest BCUT2D eigenvalue weighted by atomic mass is 32.2. The third-order valence-corrected chi connectivity index (χ3v) is 8.17. The van der Waals surface area contributed by atoms with Crippen LogP contribution in [0, 0.1) is 0 Å². The molecule has 0 fully saturated rings. The fourth-order valence-corrected chi connectivity index (χ4v) is 6.65. The molecule has 2 aliphatic heterocycles. The van der Waals surface area contributed by atoms with Crippen LogP contribution in [0.3, 0.4) is 0 Å². The lowest BCUT2D eigenvalue weighted by atomic mass is 10.2. The predicted molar refractivity (Wildman–Crippen MR) is 141 cm³/mol. The van der Waals surface area contributed by atoms with Crippen LogP contribution < -0.4 is 19.3 Å². The maximum absolute atomic E-state index is 9.44. The molecule has 0 saturated heterocycles. The number of methoxy groups -OCH3 is 2. The van der Waals surface area contributed by atoms with Gasteiger partial charge in [0.1, 0.15) is 11.5 Å². The summed E-state index contributed by atoms with van der Waals surface area (Å²) in [4.78, 5) is 7.02. The molecule has 2 aliphatic rings. The monoisotopic (exact) mass is 500 g/mol. The van der Waals surface area contributed by atoms with E-state index in [0.29, 0.717) is 12.8 Å². The van der Waals surface area contributed by atoms with Crippen molar-refractivity contribution in [1.82, 2.24) is 0 Å². The molecule has 34 heavy (non-hydrogen) atoms. The minimum absolute atomic E-state index is 0.144. The van der Waals surface area contributed by atoms with Gasteiger partial charge in [0.05, 0.1) is 36.0 Å². The normalized spacial score (nSPS) is 18.4. The maximum Gasteiger partial charge on any atom is 0.121 e. The van der Waals surface area contributed by atoms with Crippen molar-refractivity contribution >= 4 is 34.9 Å². The van der Waals surface area contributed by atoms with Gasteiger partial charge in [-0.15, -0.1) is 0 Å². The Morgan fingerprint density at radius 2 is 1.59 bits per heavy atom. The Hall–Kier alpha value is -2.26. The second kappa shape index (κ2) is 11.4. The Labute approximate surface area is 210 Å². The van der Waals surface area contributed by atoms with Crippen molar-refractivity contribution < 1.29 is 19.7 Å². The first kappa shape index (κ1) is 24.9. The maximum atomic E-state index is 9.44. The van der Waals surface area contributed by atoms with Crippen LogP contribution in [-0.2, 0) is 0 Å². The van der Waals surface area contributed by atoms with Crippen molar-refractivity contribution in [2.45, 2.75) is 34.9 Å². The topological polar surface area (TPSA) is 65.4 Å². The fourth-order valence-electron chi connectivity index (χ4n) is 4.13. The van der Waals surface area contributed by atoms with E-state index in [4.69, 9.17) is 9.47 Å². The molecule has 2 aromatic rings. The van der Waals surface area contributed by atoms with Gasteiger partial charge in [0, 0.05) is 48.2 Å². The lowest BCUT2D eigenvalue weighted by molar-refractivity contribution is 0.289. The molecule has 0 aromatic heterocycles. The van der Waals surface area contributed by atoms with Gasteiger partial charge in [-0.1, -0.05) is 23.5 Å². The van der Waals surface area contributed by atoms with E-state index in [1.54, 1.807) is 26.0 Å². The second-order valence-electron chi connectivity index (χ2n) is 8.17. The van der Waals surface area contributed by atoms with Crippen molar-refractivity contribution in [2.24, 2.45) is 0 Å². The Balaban J connectivity index is 1.60. The first-order chi connectivity index (χ1) is 16.6. The van der Waals surface area contributed by atoms with E-state index in [0.717, 1.165) is 41.0 Å². The van der Waals surface area contributed by atoms with Gasteiger partial charge in [0.2, 0.25) is 0 Å². The van der Waals surface area contributed by atoms with Crippen LogP contribution in [0.25, 0.3) is 0 Å². The molecule has 0 aliphatic carbocycles. The number of anilines is 2. The standard InChI is InChI=1S/C26H32N2O4S2/c1-18(14-25-27(10-4-12-29)21-16-19(31-2)6-8-23(21)33-25)15-26-28(11-5-13-30)22-17-20(32-3)7-9-24(22)34-26/h6-9,14-17,25,29-30H,4-5,10-13H2,1-3H3. The Morgan fingerprint density at radius 3 is 2.26 bits per heavy atom. The van der Waals surface area contributed by atoms with Crippen molar-refractivity contribution in [3.05, 3.63) is 59.2 Å². The fraction of sp³-hybridized carbons (Fsp3) is 0.385. The minimum Gasteiger partial charge on any atom is -0.497 e. The SMILES string of the molecule is COc1ccc2c(c1)N(CCCO)C(=CC(C)=CC1Sc3ccc(OC)cc3N1CCCO)S2. The van der Waals surface area contributed by atoms with Crippen LogP contribution in [0.4, 0.5) is 11.4 Å². The zero-order valence-electron chi connectivity index (χ0n) is 19.9. The van der Waals surface area contributed by atoms with Crippen LogP contribution in [0.1, 0.15) is 19.8 Å². The highest BCUT2D eigenvalue weighted by molar-refractivity contribution is 8.03. The summed E-state index contributed by atoms with van der Waals surface area (Å²) >= 11 is 3.57. The van der Waals surface area contributed by atoms with Gasteiger partial charge < -0.3 is 29.5 Å². The average molecular weight is 501 g/mol. The highest BCUT2D eigenvalue weighted by Crippen LogP contribution is 2.49. The quantitative estimate of drug-likeness (QED) is 0.467. The van der Waals surface area contributed by atoms with E-state index in [1.165, 1.54) is 15.4 Å². The number of nitrogens with zero attached hydrogens (tertiary/aromatic N) is 2. The molecule has 0 spiro atoms. The summed E-state index contributed by atoms with van der Waals surface area (Å²) in [6, 6.07) is 12.3.